The normalized spacial score (nSPS) is 12.0. The molecule has 0 aliphatic heterocycles. The molecule has 1 unspecified atom stereocenters. The van der Waals surface area contributed by atoms with Gasteiger partial charge in [0.25, 0.3) is 12.3 Å². The Morgan fingerprint density at radius 1 is 1.30 bits per heavy atom. The molecular weight excluding hydrogens is 385 g/mol. The third-order valence-electron chi connectivity index (χ3n) is 3.56. The highest BCUT2D eigenvalue weighted by Crippen LogP contribution is 2.31. The van der Waals surface area contributed by atoms with Crippen LogP contribution in [0.25, 0.3) is 10.9 Å². The van der Waals surface area contributed by atoms with Crippen molar-refractivity contribution < 1.29 is 22.7 Å². The van der Waals surface area contributed by atoms with E-state index in [2.05, 4.69) is 15.3 Å². The zero-order valence-corrected chi connectivity index (χ0v) is 14.3. The smallest absolute Gasteiger partial charge is 0.266 e. The maximum absolute atomic E-state index is 13.3. The second kappa shape index (κ2) is 7.67. The number of ether oxygens (including phenoxy) is 1. The number of nitrogens with one attached hydrogen (secondary N) is 1. The number of carbonyl (C=O) groups excluding carboxylic acids is 1. The number of fused-ring (bicyclic) bond motifs is 1. The summed E-state index contributed by atoms with van der Waals surface area (Å²) in [5.41, 5.74) is 5.85. The van der Waals surface area contributed by atoms with E-state index in [-0.39, 0.29) is 27.7 Å². The monoisotopic (exact) mass is 396 g/mol. The molecule has 2 aromatic carbocycles. The molecule has 1 heterocycles. The van der Waals surface area contributed by atoms with Gasteiger partial charge in [-0.1, -0.05) is 11.6 Å². The Bertz CT molecular complexity index is 1020. The van der Waals surface area contributed by atoms with Crippen LogP contribution in [0.5, 0.6) is 5.75 Å². The number of primary amides is 1. The zero-order chi connectivity index (χ0) is 19.6. The number of nitrogens with zero attached hydrogens (tertiary/aromatic N) is 2. The Hall–Kier alpha value is -3.07. The van der Waals surface area contributed by atoms with Gasteiger partial charge in [0.1, 0.15) is 23.7 Å². The van der Waals surface area contributed by atoms with Gasteiger partial charge in [0.2, 0.25) is 0 Å². The lowest BCUT2D eigenvalue weighted by Crippen LogP contribution is -2.18. The lowest BCUT2D eigenvalue weighted by Gasteiger charge is -2.14. The number of benzene rings is 2. The van der Waals surface area contributed by atoms with Gasteiger partial charge >= 0.3 is 0 Å². The van der Waals surface area contributed by atoms with Gasteiger partial charge in [-0.25, -0.2) is 18.7 Å². The molecular formula is C17H12ClF3N4O2. The van der Waals surface area contributed by atoms with Gasteiger partial charge in [0.05, 0.1) is 16.1 Å². The fourth-order valence-corrected chi connectivity index (χ4v) is 2.53. The summed E-state index contributed by atoms with van der Waals surface area (Å²) < 4.78 is 43.7. The fourth-order valence-electron chi connectivity index (χ4n) is 2.35. The lowest BCUT2D eigenvalue weighted by atomic mass is 10.1. The molecule has 0 bridgehead atoms. The standard InChI is InChI=1S/C17H12ClF3N4O2/c18-11-3-8(1-2-12(11)20)25-17-9-4-10(16(22)26)14(27-15(21)6-19)5-13(9)23-7-24-17/h1-5,7,15H,6H2,(H2,22,26)(H,23,24,25). The van der Waals surface area contributed by atoms with E-state index >= 15 is 0 Å². The molecule has 1 aromatic heterocycles. The van der Waals surface area contributed by atoms with Crippen molar-refractivity contribution >= 4 is 39.9 Å². The van der Waals surface area contributed by atoms with Crippen molar-refractivity contribution in [3.8, 4) is 5.75 Å². The highest BCUT2D eigenvalue weighted by Gasteiger charge is 2.18. The molecule has 0 radical (unpaired) electrons. The second-order valence-corrected chi connectivity index (χ2v) is 5.80. The first-order valence-corrected chi connectivity index (χ1v) is 7.94. The van der Waals surface area contributed by atoms with Gasteiger partial charge in [-0.3, -0.25) is 4.79 Å². The molecule has 0 aliphatic carbocycles. The van der Waals surface area contributed by atoms with Gasteiger partial charge in [0, 0.05) is 17.1 Å². The molecule has 0 spiro atoms. The number of nitrogens with two attached hydrogens (primary N) is 1. The minimum Gasteiger partial charge on any atom is -0.457 e. The second-order valence-electron chi connectivity index (χ2n) is 5.39. The summed E-state index contributed by atoms with van der Waals surface area (Å²) in [5, 5.41) is 3.19. The number of hydrogen-bond acceptors (Lipinski definition) is 5. The van der Waals surface area contributed by atoms with Crippen LogP contribution in [-0.2, 0) is 0 Å². The number of hydrogen-bond donors (Lipinski definition) is 2. The molecule has 1 atom stereocenters. The van der Waals surface area contributed by atoms with Gasteiger partial charge in [-0.2, -0.15) is 4.39 Å². The average molecular weight is 397 g/mol. The number of amides is 1. The quantitative estimate of drug-likeness (QED) is 0.659. The molecule has 6 nitrogen and oxygen atoms in total. The highest BCUT2D eigenvalue weighted by molar-refractivity contribution is 6.31. The fraction of sp³-hybridized carbons (Fsp3) is 0.118. The van der Waals surface area contributed by atoms with E-state index in [0.717, 1.165) is 0 Å². The molecule has 0 saturated heterocycles. The van der Waals surface area contributed by atoms with E-state index < -0.39 is 24.8 Å². The average Bonchev–Trinajstić information content (AvgIpc) is 2.64. The first-order valence-electron chi connectivity index (χ1n) is 7.56. The lowest BCUT2D eigenvalue weighted by molar-refractivity contribution is 0.0426. The van der Waals surface area contributed by atoms with Gasteiger partial charge in [-0.15, -0.1) is 0 Å². The maximum atomic E-state index is 13.3. The third-order valence-corrected chi connectivity index (χ3v) is 3.85. The number of anilines is 2. The van der Waals surface area contributed by atoms with Crippen LogP contribution in [0, 0.1) is 5.82 Å². The number of halogens is 4. The Morgan fingerprint density at radius 2 is 2.07 bits per heavy atom. The van der Waals surface area contributed by atoms with Crippen LogP contribution < -0.4 is 15.8 Å². The van der Waals surface area contributed by atoms with Crippen LogP contribution in [0.2, 0.25) is 5.02 Å². The molecule has 0 saturated carbocycles. The van der Waals surface area contributed by atoms with Crippen LogP contribution >= 0.6 is 11.6 Å². The van der Waals surface area contributed by atoms with Gasteiger partial charge < -0.3 is 15.8 Å². The minimum atomic E-state index is -2.25. The van der Waals surface area contributed by atoms with Crippen molar-refractivity contribution in [3.63, 3.8) is 0 Å². The predicted octanol–water partition coefficient (Wildman–Crippen LogP) is 3.91. The van der Waals surface area contributed by atoms with Crippen molar-refractivity contribution in [3.05, 3.63) is 53.1 Å². The maximum Gasteiger partial charge on any atom is 0.266 e. The molecule has 1 amide bonds. The summed E-state index contributed by atoms with van der Waals surface area (Å²) in [7, 11) is 0. The summed E-state index contributed by atoms with van der Waals surface area (Å²) in [6.07, 6.45) is -1.03. The van der Waals surface area contributed by atoms with E-state index in [1.165, 1.54) is 36.7 Å². The third kappa shape index (κ3) is 4.03. The molecule has 3 rings (SSSR count). The van der Waals surface area contributed by atoms with E-state index in [1.807, 2.05) is 0 Å². The largest absolute Gasteiger partial charge is 0.457 e. The Balaban J connectivity index is 2.07. The van der Waals surface area contributed by atoms with E-state index in [4.69, 9.17) is 22.1 Å². The zero-order valence-electron chi connectivity index (χ0n) is 13.5. The van der Waals surface area contributed by atoms with Crippen LogP contribution in [0.15, 0.2) is 36.7 Å². The van der Waals surface area contributed by atoms with Crippen molar-refractivity contribution in [2.75, 3.05) is 12.0 Å². The van der Waals surface area contributed by atoms with Gasteiger partial charge in [0.15, 0.2) is 6.67 Å². The number of carbonyl (C=O) groups is 1. The van der Waals surface area contributed by atoms with Crippen molar-refractivity contribution in [1.82, 2.24) is 9.97 Å². The summed E-state index contributed by atoms with van der Waals surface area (Å²) in [4.78, 5) is 19.8. The molecule has 10 heteroatoms. The molecule has 3 aromatic rings. The first-order chi connectivity index (χ1) is 12.9. The van der Waals surface area contributed by atoms with Crippen molar-refractivity contribution in [1.29, 1.82) is 0 Å². The SMILES string of the molecule is NC(=O)c1cc2c(Nc3ccc(F)c(Cl)c3)ncnc2cc1OC(F)CF. The molecule has 140 valence electrons. The van der Waals surface area contributed by atoms with E-state index in [0.29, 0.717) is 11.1 Å². The Kier molecular flexibility index (Phi) is 5.31. The summed E-state index contributed by atoms with van der Waals surface area (Å²) >= 11 is 5.76. The van der Waals surface area contributed by atoms with E-state index in [1.54, 1.807) is 0 Å². The van der Waals surface area contributed by atoms with Crippen LogP contribution in [-0.4, -0.2) is 28.9 Å². The number of alkyl halides is 2. The summed E-state index contributed by atoms with van der Waals surface area (Å²) in [6.45, 7) is -1.39. The van der Waals surface area contributed by atoms with Crippen LogP contribution in [0.1, 0.15) is 10.4 Å². The summed E-state index contributed by atoms with van der Waals surface area (Å²) in [5.74, 6) is -1.47. The molecule has 27 heavy (non-hydrogen) atoms. The molecule has 0 aliphatic rings. The van der Waals surface area contributed by atoms with Crippen molar-refractivity contribution in [2.24, 2.45) is 5.73 Å². The highest BCUT2D eigenvalue weighted by atomic mass is 35.5. The first kappa shape index (κ1) is 18.7. The number of aromatic nitrogens is 2. The Morgan fingerprint density at radius 3 is 2.74 bits per heavy atom. The van der Waals surface area contributed by atoms with Crippen LogP contribution in [0.4, 0.5) is 24.7 Å². The Labute approximate surface area is 156 Å². The number of rotatable bonds is 6. The minimum absolute atomic E-state index is 0.0907. The summed E-state index contributed by atoms with van der Waals surface area (Å²) in [6, 6.07) is 6.52. The topological polar surface area (TPSA) is 90.1 Å². The van der Waals surface area contributed by atoms with E-state index in [9.17, 15) is 18.0 Å². The predicted molar refractivity (Wildman–Crippen MR) is 94.2 cm³/mol. The molecule has 3 N–H and O–H groups in total. The van der Waals surface area contributed by atoms with Crippen LogP contribution in [0.3, 0.4) is 0 Å². The van der Waals surface area contributed by atoms with Gasteiger partial charge in [-0.05, 0) is 24.3 Å². The molecule has 0 fully saturated rings. The van der Waals surface area contributed by atoms with Crippen molar-refractivity contribution in [2.45, 2.75) is 6.36 Å².